The molecule has 0 rings (SSSR count). The first-order valence-electron chi connectivity index (χ1n) is 12.9. The normalized spacial score (nSPS) is 11.8. The summed E-state index contributed by atoms with van der Waals surface area (Å²) in [6.45, 7) is 5.97. The monoisotopic (exact) mass is 388 g/mol. The Hall–Kier alpha value is -0.780. The molecule has 0 nitrogen and oxygen atoms in total. The van der Waals surface area contributed by atoms with Crippen LogP contribution in [-0.4, -0.2) is 0 Å². The van der Waals surface area contributed by atoms with Gasteiger partial charge in [-0.15, -0.1) is 0 Å². The van der Waals surface area contributed by atoms with Crippen LogP contribution in [0.4, 0.5) is 0 Å². The highest BCUT2D eigenvalue weighted by Crippen LogP contribution is 2.15. The maximum Gasteiger partial charge on any atom is -0.0348 e. The maximum absolute atomic E-state index is 3.67. The van der Waals surface area contributed by atoms with E-state index in [-0.39, 0.29) is 0 Å². The van der Waals surface area contributed by atoms with Crippen molar-refractivity contribution in [1.29, 1.82) is 0 Å². The third-order valence-electron chi connectivity index (χ3n) is 5.72. The minimum atomic E-state index is 1.22. The van der Waals surface area contributed by atoms with Gasteiger partial charge in [-0.05, 0) is 12.8 Å². The summed E-state index contributed by atoms with van der Waals surface area (Å²) in [4.78, 5) is 0. The quantitative estimate of drug-likeness (QED) is 0.121. The Kier molecular flexibility index (Phi) is 25.5. The van der Waals surface area contributed by atoms with Gasteiger partial charge in [0.25, 0.3) is 0 Å². The van der Waals surface area contributed by atoms with E-state index < -0.39 is 0 Å². The summed E-state index contributed by atoms with van der Waals surface area (Å²) in [5, 5.41) is 0. The molecule has 0 radical (unpaired) electrons. The maximum atomic E-state index is 3.67. The van der Waals surface area contributed by atoms with E-state index in [4.69, 9.17) is 0 Å². The molecule has 0 aliphatic carbocycles. The number of unbranched alkanes of at least 4 members (excludes halogenated alkanes) is 20. The van der Waals surface area contributed by atoms with Crippen LogP contribution < -0.4 is 0 Å². The van der Waals surface area contributed by atoms with Gasteiger partial charge in [0.2, 0.25) is 0 Å². The molecule has 0 aromatic heterocycles. The number of rotatable bonds is 23. The molecule has 0 atom stereocenters. The fraction of sp³-hybridized carbons (Fsp3) is 0.786. The first kappa shape index (κ1) is 27.2. The third kappa shape index (κ3) is 25.2. The molecule has 0 bridgehead atoms. The molecule has 28 heavy (non-hydrogen) atoms. The lowest BCUT2D eigenvalue weighted by Gasteiger charge is -2.04. The highest BCUT2D eigenvalue weighted by molar-refractivity contribution is 5.08. The van der Waals surface area contributed by atoms with Crippen molar-refractivity contribution >= 4 is 0 Å². The van der Waals surface area contributed by atoms with Crippen LogP contribution in [-0.2, 0) is 0 Å². The van der Waals surface area contributed by atoms with Crippen molar-refractivity contribution in [1.82, 2.24) is 0 Å². The predicted octanol–water partition coefficient (Wildman–Crippen LogP) is 10.5. The minimum Gasteiger partial charge on any atom is -0.0991 e. The Morgan fingerprint density at radius 3 is 1.14 bits per heavy atom. The lowest BCUT2D eigenvalue weighted by Crippen LogP contribution is -1.84. The second kappa shape index (κ2) is 26.2. The molecule has 0 heterocycles. The fourth-order valence-electron chi connectivity index (χ4n) is 3.83. The molecule has 0 heteroatoms. The summed E-state index contributed by atoms with van der Waals surface area (Å²) in [6.07, 6.45) is 40.5. The van der Waals surface area contributed by atoms with Gasteiger partial charge in [-0.3, -0.25) is 0 Å². The molecule has 0 aliphatic heterocycles. The van der Waals surface area contributed by atoms with Crippen LogP contribution >= 0.6 is 0 Å². The van der Waals surface area contributed by atoms with Gasteiger partial charge in [0.05, 0.1) is 0 Å². The second-order valence-electron chi connectivity index (χ2n) is 8.55. The highest BCUT2D eigenvalue weighted by Gasteiger charge is 1.95. The van der Waals surface area contributed by atoms with Gasteiger partial charge in [0.1, 0.15) is 0 Å². The van der Waals surface area contributed by atoms with Gasteiger partial charge in [-0.25, -0.2) is 0 Å². The first-order valence-corrected chi connectivity index (χ1v) is 12.9. The first-order chi connectivity index (χ1) is 13.9. The van der Waals surface area contributed by atoms with Crippen LogP contribution in [0.25, 0.3) is 0 Å². The van der Waals surface area contributed by atoms with Crippen LogP contribution in [0, 0.1) is 0 Å². The Bertz CT molecular complexity index is 336. The molecule has 0 saturated heterocycles. The van der Waals surface area contributed by atoms with Gasteiger partial charge in [-0.1, -0.05) is 166 Å². The van der Waals surface area contributed by atoms with Crippen LogP contribution in [0.3, 0.4) is 0 Å². The molecular weight excluding hydrogens is 336 g/mol. The van der Waals surface area contributed by atoms with Crippen LogP contribution in [0.5, 0.6) is 0 Å². The molecule has 164 valence electrons. The van der Waals surface area contributed by atoms with Crippen molar-refractivity contribution < 1.29 is 0 Å². The zero-order chi connectivity index (χ0) is 20.4. The summed E-state index contributed by atoms with van der Waals surface area (Å²) >= 11 is 0. The Morgan fingerprint density at radius 1 is 0.429 bits per heavy atom. The Balaban J connectivity index is 3.04. The van der Waals surface area contributed by atoms with Gasteiger partial charge in [-0.2, -0.15) is 0 Å². The van der Waals surface area contributed by atoms with Gasteiger partial charge >= 0.3 is 0 Å². The fourth-order valence-corrected chi connectivity index (χ4v) is 3.83. The van der Waals surface area contributed by atoms with E-state index in [0.717, 1.165) is 0 Å². The highest BCUT2D eigenvalue weighted by atomic mass is 14.0. The minimum absolute atomic E-state index is 1.22. The van der Waals surface area contributed by atoms with Crippen molar-refractivity contribution in [2.75, 3.05) is 0 Å². The summed E-state index contributed by atoms with van der Waals surface area (Å²) in [5.74, 6) is 0. The molecule has 0 aromatic carbocycles. The average Bonchev–Trinajstić information content (AvgIpc) is 2.71. The largest absolute Gasteiger partial charge is 0.0991 e. The Labute approximate surface area is 179 Å². The molecule has 0 N–H and O–H groups in total. The van der Waals surface area contributed by atoms with Crippen molar-refractivity contribution in [2.24, 2.45) is 0 Å². The van der Waals surface area contributed by atoms with Crippen molar-refractivity contribution in [3.8, 4) is 0 Å². The lowest BCUT2D eigenvalue weighted by atomic mass is 10.0. The molecule has 0 amide bonds. The zero-order valence-corrected chi connectivity index (χ0v) is 19.4. The Morgan fingerprint density at radius 2 is 0.786 bits per heavy atom. The van der Waals surface area contributed by atoms with Crippen molar-refractivity contribution in [3.05, 3.63) is 37.0 Å². The van der Waals surface area contributed by atoms with E-state index in [1.165, 1.54) is 135 Å². The lowest BCUT2D eigenvalue weighted by molar-refractivity contribution is 0.522. The van der Waals surface area contributed by atoms with E-state index in [9.17, 15) is 0 Å². The standard InChI is InChI=1S/C28H52/c1-3-5-7-9-11-13-15-17-19-21-23-25-27-28-26-24-22-20-18-16-14-12-10-8-6-4-2/h3,5,7,9,11H,1,4,6,8,10,12-28H2,2H3. The average molecular weight is 389 g/mol. The SMILES string of the molecule is C=CC=CC=CCCCCCCCCCCCCCCCCCCCCCC. The zero-order valence-electron chi connectivity index (χ0n) is 19.4. The van der Waals surface area contributed by atoms with E-state index in [2.05, 4.69) is 31.7 Å². The number of hydrogen-bond acceptors (Lipinski definition) is 0. The molecular formula is C28H52. The molecule has 0 aliphatic rings. The van der Waals surface area contributed by atoms with Crippen LogP contribution in [0.15, 0.2) is 37.0 Å². The summed E-state index contributed by atoms with van der Waals surface area (Å²) in [5.41, 5.74) is 0. The molecule has 0 aromatic rings. The smallest absolute Gasteiger partial charge is 0.0348 e. The summed E-state index contributed by atoms with van der Waals surface area (Å²) < 4.78 is 0. The van der Waals surface area contributed by atoms with Crippen LogP contribution in [0.2, 0.25) is 0 Å². The topological polar surface area (TPSA) is 0 Å². The molecule has 0 fully saturated rings. The number of allylic oxidation sites excluding steroid dienone is 5. The van der Waals surface area contributed by atoms with Gasteiger partial charge < -0.3 is 0 Å². The van der Waals surface area contributed by atoms with Gasteiger partial charge in [0, 0.05) is 0 Å². The molecule has 0 unspecified atom stereocenters. The van der Waals surface area contributed by atoms with Crippen LogP contribution in [0.1, 0.15) is 142 Å². The van der Waals surface area contributed by atoms with Crippen molar-refractivity contribution in [2.45, 2.75) is 142 Å². The van der Waals surface area contributed by atoms with E-state index >= 15 is 0 Å². The van der Waals surface area contributed by atoms with Crippen molar-refractivity contribution in [3.63, 3.8) is 0 Å². The third-order valence-corrected chi connectivity index (χ3v) is 5.72. The van der Waals surface area contributed by atoms with E-state index in [1.54, 1.807) is 0 Å². The van der Waals surface area contributed by atoms with Gasteiger partial charge in [0.15, 0.2) is 0 Å². The summed E-state index contributed by atoms with van der Waals surface area (Å²) in [7, 11) is 0. The predicted molar refractivity (Wildman–Crippen MR) is 131 cm³/mol. The second-order valence-corrected chi connectivity index (χ2v) is 8.55. The molecule has 0 spiro atoms. The summed E-state index contributed by atoms with van der Waals surface area (Å²) in [6, 6.07) is 0. The number of hydrogen-bond donors (Lipinski definition) is 0. The van der Waals surface area contributed by atoms with E-state index in [1.807, 2.05) is 12.2 Å². The van der Waals surface area contributed by atoms with E-state index in [0.29, 0.717) is 0 Å². The molecule has 0 saturated carbocycles.